The van der Waals surface area contributed by atoms with Gasteiger partial charge in [0.2, 0.25) is 0 Å². The first kappa shape index (κ1) is 10.9. The normalized spacial score (nSPS) is 39.0. The highest BCUT2D eigenvalue weighted by atomic mass is 16.0. The minimum Gasteiger partial charge on any atom is -0.412 e. The summed E-state index contributed by atoms with van der Waals surface area (Å²) in [6, 6.07) is 0. The summed E-state index contributed by atoms with van der Waals surface area (Å²) in [4.78, 5) is 0. The van der Waals surface area contributed by atoms with Gasteiger partial charge in [0.1, 0.15) is 0 Å². The molecular formula is C9H21NO. The van der Waals surface area contributed by atoms with Crippen molar-refractivity contribution < 1.29 is 5.48 Å². The molecule has 0 aliphatic heterocycles. The third-order valence-electron chi connectivity index (χ3n) is 2.98. The first-order chi connectivity index (χ1) is 4.63. The maximum absolute atomic E-state index is 6.12. The van der Waals surface area contributed by atoms with Crippen molar-refractivity contribution >= 4 is 0 Å². The van der Waals surface area contributed by atoms with Crippen LogP contribution in [0.3, 0.4) is 0 Å². The van der Waals surface area contributed by atoms with E-state index in [9.17, 15) is 0 Å². The molecule has 4 N–H and O–H groups in total. The van der Waals surface area contributed by atoms with E-state index in [1.54, 1.807) is 0 Å². The van der Waals surface area contributed by atoms with Gasteiger partial charge < -0.3 is 11.2 Å². The SMILES string of the molecule is CC1CCCCCC1(C)N.O. The van der Waals surface area contributed by atoms with Gasteiger partial charge in [-0.25, -0.2) is 0 Å². The average Bonchev–Trinajstić information content (AvgIpc) is 1.96. The zero-order chi connectivity index (χ0) is 7.61. The molecule has 2 atom stereocenters. The summed E-state index contributed by atoms with van der Waals surface area (Å²) in [7, 11) is 0. The first-order valence-corrected chi connectivity index (χ1v) is 4.42. The van der Waals surface area contributed by atoms with Crippen molar-refractivity contribution in [2.45, 2.75) is 51.5 Å². The highest BCUT2D eigenvalue weighted by molar-refractivity contribution is 4.86. The Labute approximate surface area is 69.5 Å². The fraction of sp³-hybridized carbons (Fsp3) is 1.00. The van der Waals surface area contributed by atoms with Crippen LogP contribution < -0.4 is 5.73 Å². The van der Waals surface area contributed by atoms with Crippen LogP contribution in [0.5, 0.6) is 0 Å². The standard InChI is InChI=1S/C9H19N.H2O/c1-8-6-4-3-5-7-9(8,2)10;/h8H,3-7,10H2,1-2H3;1H2. The van der Waals surface area contributed by atoms with Gasteiger partial charge in [0.15, 0.2) is 0 Å². The van der Waals surface area contributed by atoms with Crippen molar-refractivity contribution in [1.82, 2.24) is 0 Å². The van der Waals surface area contributed by atoms with Gasteiger partial charge in [0.05, 0.1) is 0 Å². The van der Waals surface area contributed by atoms with Gasteiger partial charge in [0.25, 0.3) is 0 Å². The Morgan fingerprint density at radius 3 is 2.55 bits per heavy atom. The average molecular weight is 159 g/mol. The van der Waals surface area contributed by atoms with E-state index in [1.807, 2.05) is 0 Å². The molecule has 0 bridgehead atoms. The van der Waals surface area contributed by atoms with E-state index in [1.165, 1.54) is 32.1 Å². The summed E-state index contributed by atoms with van der Waals surface area (Å²) in [6.45, 7) is 4.48. The fourth-order valence-corrected chi connectivity index (χ4v) is 1.71. The monoisotopic (exact) mass is 159 g/mol. The molecule has 0 saturated heterocycles. The molecular weight excluding hydrogens is 138 g/mol. The molecule has 68 valence electrons. The van der Waals surface area contributed by atoms with Crippen molar-refractivity contribution in [2.24, 2.45) is 11.7 Å². The van der Waals surface area contributed by atoms with Crippen LogP contribution in [-0.2, 0) is 0 Å². The van der Waals surface area contributed by atoms with Gasteiger partial charge in [0, 0.05) is 5.54 Å². The molecule has 0 amide bonds. The molecule has 1 aliphatic carbocycles. The maximum atomic E-state index is 6.12. The lowest BCUT2D eigenvalue weighted by atomic mass is 9.84. The molecule has 1 aliphatic rings. The Morgan fingerprint density at radius 1 is 1.27 bits per heavy atom. The maximum Gasteiger partial charge on any atom is 0.0151 e. The Bertz CT molecular complexity index is 112. The largest absolute Gasteiger partial charge is 0.412 e. The van der Waals surface area contributed by atoms with E-state index in [-0.39, 0.29) is 11.0 Å². The van der Waals surface area contributed by atoms with E-state index in [0.717, 1.165) is 5.92 Å². The quantitative estimate of drug-likeness (QED) is 0.535. The highest BCUT2D eigenvalue weighted by Crippen LogP contribution is 2.29. The molecule has 0 radical (unpaired) electrons. The summed E-state index contributed by atoms with van der Waals surface area (Å²) >= 11 is 0. The van der Waals surface area contributed by atoms with Gasteiger partial charge >= 0.3 is 0 Å². The molecule has 1 fully saturated rings. The zero-order valence-electron chi connectivity index (χ0n) is 7.69. The molecule has 0 aromatic heterocycles. The third kappa shape index (κ3) is 2.80. The van der Waals surface area contributed by atoms with Gasteiger partial charge in [-0.3, -0.25) is 0 Å². The molecule has 0 spiro atoms. The number of hydrogen-bond acceptors (Lipinski definition) is 1. The van der Waals surface area contributed by atoms with Crippen LogP contribution >= 0.6 is 0 Å². The van der Waals surface area contributed by atoms with Crippen LogP contribution in [0.25, 0.3) is 0 Å². The first-order valence-electron chi connectivity index (χ1n) is 4.42. The van der Waals surface area contributed by atoms with Crippen molar-refractivity contribution in [1.29, 1.82) is 0 Å². The Morgan fingerprint density at radius 2 is 1.91 bits per heavy atom. The lowest BCUT2D eigenvalue weighted by Gasteiger charge is -2.29. The number of hydrogen-bond donors (Lipinski definition) is 1. The van der Waals surface area contributed by atoms with Crippen LogP contribution in [0.15, 0.2) is 0 Å². The molecule has 0 heterocycles. The lowest BCUT2D eigenvalue weighted by Crippen LogP contribution is -2.41. The summed E-state index contributed by atoms with van der Waals surface area (Å²) < 4.78 is 0. The van der Waals surface area contributed by atoms with Crippen molar-refractivity contribution in [3.05, 3.63) is 0 Å². The second-order valence-electron chi connectivity index (χ2n) is 4.01. The van der Waals surface area contributed by atoms with E-state index in [4.69, 9.17) is 5.73 Å². The van der Waals surface area contributed by atoms with Crippen LogP contribution in [-0.4, -0.2) is 11.0 Å². The van der Waals surface area contributed by atoms with Crippen LogP contribution in [0.2, 0.25) is 0 Å². The molecule has 1 saturated carbocycles. The molecule has 0 aromatic carbocycles. The van der Waals surface area contributed by atoms with Gasteiger partial charge in [-0.05, 0) is 25.7 Å². The Hall–Kier alpha value is -0.0800. The van der Waals surface area contributed by atoms with Crippen molar-refractivity contribution in [3.8, 4) is 0 Å². The lowest BCUT2D eigenvalue weighted by molar-refractivity contribution is 0.299. The molecule has 2 unspecified atom stereocenters. The summed E-state index contributed by atoms with van der Waals surface area (Å²) in [6.07, 6.45) is 6.64. The van der Waals surface area contributed by atoms with Gasteiger partial charge in [-0.1, -0.05) is 26.2 Å². The predicted octanol–water partition coefficient (Wildman–Crippen LogP) is 1.48. The third-order valence-corrected chi connectivity index (χ3v) is 2.98. The van der Waals surface area contributed by atoms with E-state index >= 15 is 0 Å². The predicted molar refractivity (Wildman–Crippen MR) is 48.5 cm³/mol. The summed E-state index contributed by atoms with van der Waals surface area (Å²) in [5, 5.41) is 0. The van der Waals surface area contributed by atoms with Crippen LogP contribution in [0.1, 0.15) is 46.0 Å². The summed E-state index contributed by atoms with van der Waals surface area (Å²) in [5.74, 6) is 0.718. The molecule has 11 heavy (non-hydrogen) atoms. The molecule has 1 rings (SSSR count). The zero-order valence-corrected chi connectivity index (χ0v) is 7.69. The smallest absolute Gasteiger partial charge is 0.0151 e. The van der Waals surface area contributed by atoms with E-state index < -0.39 is 0 Å². The summed E-state index contributed by atoms with van der Waals surface area (Å²) in [5.41, 5.74) is 6.24. The van der Waals surface area contributed by atoms with Crippen LogP contribution in [0, 0.1) is 5.92 Å². The molecule has 2 nitrogen and oxygen atoms in total. The Kier molecular flexibility index (Phi) is 4.04. The fourth-order valence-electron chi connectivity index (χ4n) is 1.71. The number of rotatable bonds is 0. The second kappa shape index (κ2) is 4.07. The highest BCUT2D eigenvalue weighted by Gasteiger charge is 2.27. The van der Waals surface area contributed by atoms with Crippen LogP contribution in [0.4, 0.5) is 0 Å². The van der Waals surface area contributed by atoms with E-state index in [0.29, 0.717) is 0 Å². The Balaban J connectivity index is 0.000001000. The topological polar surface area (TPSA) is 57.5 Å². The van der Waals surface area contributed by atoms with E-state index in [2.05, 4.69) is 13.8 Å². The van der Waals surface area contributed by atoms with Gasteiger partial charge in [-0.15, -0.1) is 0 Å². The molecule has 0 aromatic rings. The second-order valence-corrected chi connectivity index (χ2v) is 4.01. The van der Waals surface area contributed by atoms with Crippen molar-refractivity contribution in [3.63, 3.8) is 0 Å². The number of nitrogens with two attached hydrogens (primary N) is 1. The van der Waals surface area contributed by atoms with Crippen molar-refractivity contribution in [2.75, 3.05) is 0 Å². The minimum atomic E-state index is 0. The van der Waals surface area contributed by atoms with Gasteiger partial charge in [-0.2, -0.15) is 0 Å². The minimum absolute atomic E-state index is 0. The molecule has 2 heteroatoms.